The van der Waals surface area contributed by atoms with Crippen LogP contribution in [0.2, 0.25) is 0 Å². The van der Waals surface area contributed by atoms with Gasteiger partial charge in [0.05, 0.1) is 5.41 Å². The Morgan fingerprint density at radius 2 is 2.16 bits per heavy atom. The minimum atomic E-state index is -0.491. The van der Waals surface area contributed by atoms with E-state index in [0.29, 0.717) is 5.75 Å². The minimum absolute atomic E-state index is 0.225. The second-order valence-corrected chi connectivity index (χ2v) is 5.54. The van der Waals surface area contributed by atoms with Crippen molar-refractivity contribution in [3.05, 3.63) is 35.4 Å². The molecule has 1 aliphatic carbocycles. The Bertz CT molecular complexity index is 527. The fourth-order valence-electron chi connectivity index (χ4n) is 2.00. The van der Waals surface area contributed by atoms with Gasteiger partial charge in [-0.15, -0.1) is 0 Å². The molecule has 0 heterocycles. The smallest absolute Gasteiger partial charge is 0.316 e. The second-order valence-electron chi connectivity index (χ2n) is 5.54. The maximum atomic E-state index is 12.1. The Labute approximate surface area is 113 Å². The molecule has 1 aliphatic rings. The molecule has 0 atom stereocenters. The molecule has 2 rings (SSSR count). The lowest BCUT2D eigenvalue weighted by molar-refractivity contribution is -0.144. The Kier molecular flexibility index (Phi) is 3.65. The van der Waals surface area contributed by atoms with E-state index in [1.165, 1.54) is 0 Å². The van der Waals surface area contributed by atoms with Gasteiger partial charge in [-0.3, -0.25) is 4.79 Å². The van der Waals surface area contributed by atoms with E-state index in [2.05, 4.69) is 0 Å². The molecule has 102 valence electrons. The predicted octanol–water partition coefficient (Wildman–Crippen LogP) is 3.87. The molecule has 0 aromatic heterocycles. The topological polar surface area (TPSA) is 46.5 Å². The number of fused-ring (bicyclic) bond motifs is 1. The average Bonchev–Trinajstić information content (AvgIpc) is 2.40. The molecule has 0 fully saturated rings. The first-order valence-corrected chi connectivity index (χ1v) is 6.69. The van der Waals surface area contributed by atoms with Crippen LogP contribution in [0, 0.1) is 5.41 Å². The van der Waals surface area contributed by atoms with Gasteiger partial charge in [0.2, 0.25) is 0 Å². The van der Waals surface area contributed by atoms with Gasteiger partial charge < -0.3 is 9.84 Å². The first-order chi connectivity index (χ1) is 8.95. The lowest BCUT2D eigenvalue weighted by Gasteiger charge is -2.23. The van der Waals surface area contributed by atoms with Crippen LogP contribution in [0.4, 0.5) is 0 Å². The van der Waals surface area contributed by atoms with E-state index in [1.807, 2.05) is 26.8 Å². The number of hydrogen-bond donors (Lipinski definition) is 1. The number of aliphatic hydroxyl groups excluding tert-OH is 1. The molecular formula is C16H20O3. The van der Waals surface area contributed by atoms with Crippen molar-refractivity contribution in [2.24, 2.45) is 5.41 Å². The quantitative estimate of drug-likeness (QED) is 0.662. The van der Waals surface area contributed by atoms with Crippen molar-refractivity contribution in [1.29, 1.82) is 0 Å². The van der Waals surface area contributed by atoms with Crippen LogP contribution in [0.3, 0.4) is 0 Å². The zero-order valence-corrected chi connectivity index (χ0v) is 11.7. The Morgan fingerprint density at radius 3 is 2.84 bits per heavy atom. The van der Waals surface area contributed by atoms with Gasteiger partial charge >= 0.3 is 5.97 Å². The molecule has 0 radical (unpaired) electrons. The molecule has 0 bridgehead atoms. The molecule has 0 saturated heterocycles. The molecule has 1 N–H and O–H groups in total. The first-order valence-electron chi connectivity index (χ1n) is 6.69. The van der Waals surface area contributed by atoms with E-state index in [0.717, 1.165) is 30.4 Å². The van der Waals surface area contributed by atoms with Crippen molar-refractivity contribution >= 4 is 11.7 Å². The standard InChI is InChI=1S/C16H20O3/c1-4-16(2,3)15(18)19-14-10-6-7-11-12(14)8-5-9-13(11)17/h6-7,9-10,17H,4-5,8H2,1-3H3. The number of ether oxygens (including phenoxy) is 1. The SMILES string of the molecule is CCC(C)(C)C(=O)Oc1cccc2c1CCC=C2O. The third-order valence-corrected chi connectivity index (χ3v) is 3.78. The normalized spacial score (nSPS) is 14.6. The molecule has 0 amide bonds. The van der Waals surface area contributed by atoms with Gasteiger partial charge in [0, 0.05) is 11.1 Å². The van der Waals surface area contributed by atoms with Crippen LogP contribution in [-0.2, 0) is 11.2 Å². The highest BCUT2D eigenvalue weighted by molar-refractivity contribution is 5.79. The molecule has 1 aromatic rings. The maximum Gasteiger partial charge on any atom is 0.316 e. The maximum absolute atomic E-state index is 12.1. The fraction of sp³-hybridized carbons (Fsp3) is 0.438. The third-order valence-electron chi connectivity index (χ3n) is 3.78. The highest BCUT2D eigenvalue weighted by atomic mass is 16.5. The second kappa shape index (κ2) is 5.08. The van der Waals surface area contributed by atoms with Crippen molar-refractivity contribution in [2.75, 3.05) is 0 Å². The molecule has 0 saturated carbocycles. The van der Waals surface area contributed by atoms with Gasteiger partial charge in [-0.2, -0.15) is 0 Å². The van der Waals surface area contributed by atoms with Crippen LogP contribution in [0.25, 0.3) is 5.76 Å². The Balaban J connectivity index is 2.31. The zero-order valence-electron chi connectivity index (χ0n) is 11.7. The van der Waals surface area contributed by atoms with Gasteiger partial charge in [0.1, 0.15) is 11.5 Å². The number of carbonyl (C=O) groups is 1. The summed E-state index contributed by atoms with van der Waals surface area (Å²) in [6.07, 6.45) is 4.08. The lowest BCUT2D eigenvalue weighted by atomic mass is 9.90. The molecule has 0 aliphatic heterocycles. The molecular weight excluding hydrogens is 240 g/mol. The van der Waals surface area contributed by atoms with Crippen molar-refractivity contribution < 1.29 is 14.6 Å². The molecule has 1 aromatic carbocycles. The van der Waals surface area contributed by atoms with Crippen molar-refractivity contribution in [3.8, 4) is 5.75 Å². The summed E-state index contributed by atoms with van der Waals surface area (Å²) in [6.45, 7) is 5.72. The van der Waals surface area contributed by atoms with E-state index in [9.17, 15) is 9.90 Å². The first kappa shape index (κ1) is 13.7. The molecule has 3 nitrogen and oxygen atoms in total. The summed E-state index contributed by atoms with van der Waals surface area (Å²) >= 11 is 0. The van der Waals surface area contributed by atoms with E-state index < -0.39 is 5.41 Å². The molecule has 3 heteroatoms. The van der Waals surface area contributed by atoms with E-state index in [1.54, 1.807) is 18.2 Å². The summed E-state index contributed by atoms with van der Waals surface area (Å²) in [4.78, 5) is 12.1. The Morgan fingerprint density at radius 1 is 1.42 bits per heavy atom. The molecule has 19 heavy (non-hydrogen) atoms. The van der Waals surface area contributed by atoms with Crippen LogP contribution in [0.15, 0.2) is 24.3 Å². The number of aliphatic hydroxyl groups is 1. The van der Waals surface area contributed by atoms with E-state index >= 15 is 0 Å². The number of benzene rings is 1. The summed E-state index contributed by atoms with van der Waals surface area (Å²) in [5.74, 6) is 0.620. The fourth-order valence-corrected chi connectivity index (χ4v) is 2.00. The number of esters is 1. The largest absolute Gasteiger partial charge is 0.508 e. The third kappa shape index (κ3) is 2.65. The number of hydrogen-bond acceptors (Lipinski definition) is 3. The van der Waals surface area contributed by atoms with Crippen LogP contribution in [0.5, 0.6) is 5.75 Å². The summed E-state index contributed by atoms with van der Waals surface area (Å²) in [5.41, 5.74) is 1.20. The highest BCUT2D eigenvalue weighted by Crippen LogP contribution is 2.33. The average molecular weight is 260 g/mol. The van der Waals surface area contributed by atoms with Crippen LogP contribution < -0.4 is 4.74 Å². The van der Waals surface area contributed by atoms with E-state index in [4.69, 9.17) is 4.74 Å². The summed E-state index contributed by atoms with van der Waals surface area (Å²) in [5, 5.41) is 9.85. The number of carbonyl (C=O) groups excluding carboxylic acids is 1. The monoisotopic (exact) mass is 260 g/mol. The van der Waals surface area contributed by atoms with Gasteiger partial charge in [0.15, 0.2) is 0 Å². The highest BCUT2D eigenvalue weighted by Gasteiger charge is 2.29. The van der Waals surface area contributed by atoms with Crippen molar-refractivity contribution in [2.45, 2.75) is 40.0 Å². The predicted molar refractivity (Wildman–Crippen MR) is 75.1 cm³/mol. The van der Waals surface area contributed by atoms with Gasteiger partial charge in [-0.25, -0.2) is 0 Å². The minimum Gasteiger partial charge on any atom is -0.508 e. The zero-order chi connectivity index (χ0) is 14.0. The summed E-state index contributed by atoms with van der Waals surface area (Å²) in [6, 6.07) is 5.44. The van der Waals surface area contributed by atoms with Crippen LogP contribution >= 0.6 is 0 Å². The van der Waals surface area contributed by atoms with Crippen molar-refractivity contribution in [1.82, 2.24) is 0 Å². The summed E-state index contributed by atoms with van der Waals surface area (Å²) < 4.78 is 5.54. The van der Waals surface area contributed by atoms with Crippen LogP contribution in [0.1, 0.15) is 44.7 Å². The van der Waals surface area contributed by atoms with Gasteiger partial charge in [-0.05, 0) is 45.3 Å². The van der Waals surface area contributed by atoms with Gasteiger partial charge in [-0.1, -0.05) is 19.1 Å². The van der Waals surface area contributed by atoms with E-state index in [-0.39, 0.29) is 11.7 Å². The van der Waals surface area contributed by atoms with Crippen molar-refractivity contribution in [3.63, 3.8) is 0 Å². The summed E-state index contributed by atoms with van der Waals surface area (Å²) in [7, 11) is 0. The number of rotatable bonds is 3. The van der Waals surface area contributed by atoms with Crippen LogP contribution in [-0.4, -0.2) is 11.1 Å². The lowest BCUT2D eigenvalue weighted by Crippen LogP contribution is -2.28. The van der Waals surface area contributed by atoms with Gasteiger partial charge in [0.25, 0.3) is 0 Å². The molecule has 0 spiro atoms. The Hall–Kier alpha value is -1.77. The number of allylic oxidation sites excluding steroid dienone is 1. The molecule has 0 unspecified atom stereocenters.